The van der Waals surface area contributed by atoms with Gasteiger partial charge in [0.15, 0.2) is 10.3 Å². The lowest BCUT2D eigenvalue weighted by Crippen LogP contribution is -2.46. The number of aryl methyl sites for hydroxylation is 1. The minimum absolute atomic E-state index is 0.0238. The van der Waals surface area contributed by atoms with Gasteiger partial charge in [-0.05, 0) is 44.2 Å². The van der Waals surface area contributed by atoms with Crippen LogP contribution < -0.4 is 10.6 Å². The zero-order chi connectivity index (χ0) is 22.9. The maximum atomic E-state index is 10.1. The summed E-state index contributed by atoms with van der Waals surface area (Å²) in [6.45, 7) is 3.80. The molecule has 170 valence electrons. The molecule has 0 atom stereocenters. The quantitative estimate of drug-likeness (QED) is 0.475. The number of nitrogens with zero attached hydrogens (tertiary/aromatic N) is 4. The van der Waals surface area contributed by atoms with E-state index in [1.54, 1.807) is 6.07 Å². The van der Waals surface area contributed by atoms with Gasteiger partial charge in [0.25, 0.3) is 0 Å². The first kappa shape index (κ1) is 23.7. The molecule has 0 bridgehead atoms. The molecule has 0 amide bonds. The van der Waals surface area contributed by atoms with Crippen LogP contribution in [0.3, 0.4) is 0 Å². The number of piperidine rings is 1. The molecule has 1 aliphatic rings. The number of rotatable bonds is 6. The smallest absolute Gasteiger partial charge is 0.183 e. The summed E-state index contributed by atoms with van der Waals surface area (Å²) in [4.78, 5) is 16.1. The predicted molar refractivity (Wildman–Crippen MR) is 132 cm³/mol. The van der Waals surface area contributed by atoms with Crippen molar-refractivity contribution in [2.75, 3.05) is 24.5 Å². The number of hydrogen-bond donors (Lipinski definition) is 2. The van der Waals surface area contributed by atoms with Crippen LogP contribution in [0, 0.1) is 12.3 Å². The molecular formula is C22H24Cl3N5OS. The van der Waals surface area contributed by atoms with E-state index < -0.39 is 0 Å². The van der Waals surface area contributed by atoms with Gasteiger partial charge in [0, 0.05) is 24.0 Å². The number of nitrogens with two attached hydrogens (primary N) is 1. The van der Waals surface area contributed by atoms with Crippen LogP contribution in [0.15, 0.2) is 23.6 Å². The molecule has 0 unspecified atom stereocenters. The Hall–Kier alpha value is -1.48. The topological polar surface area (TPSA) is 88.2 Å². The maximum absolute atomic E-state index is 10.1. The summed E-state index contributed by atoms with van der Waals surface area (Å²) >= 11 is 20.0. The van der Waals surface area contributed by atoms with E-state index in [0.717, 1.165) is 43.7 Å². The van der Waals surface area contributed by atoms with Gasteiger partial charge in [0.1, 0.15) is 5.69 Å². The first-order chi connectivity index (χ1) is 15.4. The van der Waals surface area contributed by atoms with Gasteiger partial charge < -0.3 is 15.7 Å². The first-order valence-corrected chi connectivity index (χ1v) is 12.3. The number of benzene rings is 1. The normalized spacial score (nSPS) is 15.9. The summed E-state index contributed by atoms with van der Waals surface area (Å²) in [6.07, 6.45) is 2.60. The van der Waals surface area contributed by atoms with E-state index in [1.165, 1.54) is 11.3 Å². The van der Waals surface area contributed by atoms with E-state index in [-0.39, 0.29) is 12.0 Å². The molecule has 0 radical (unpaired) electrons. The van der Waals surface area contributed by atoms with Crippen molar-refractivity contribution in [2.24, 2.45) is 11.1 Å². The first-order valence-electron chi connectivity index (χ1n) is 10.3. The molecular weight excluding hydrogens is 489 g/mol. The molecule has 10 heteroatoms. The van der Waals surface area contributed by atoms with E-state index in [1.807, 2.05) is 24.4 Å². The van der Waals surface area contributed by atoms with E-state index in [4.69, 9.17) is 50.5 Å². The van der Waals surface area contributed by atoms with Crippen LogP contribution >= 0.6 is 46.1 Å². The molecule has 3 heterocycles. The highest BCUT2D eigenvalue weighted by Crippen LogP contribution is 2.38. The molecule has 1 fully saturated rings. The van der Waals surface area contributed by atoms with Crippen LogP contribution in [0.2, 0.25) is 14.5 Å². The zero-order valence-corrected chi connectivity index (χ0v) is 20.7. The lowest BCUT2D eigenvalue weighted by molar-refractivity contribution is 0.223. The molecule has 3 N–H and O–H groups in total. The van der Waals surface area contributed by atoms with Crippen molar-refractivity contribution in [2.45, 2.75) is 32.8 Å². The average molecular weight is 513 g/mol. The molecule has 1 saturated heterocycles. The second-order valence-electron chi connectivity index (χ2n) is 8.15. The van der Waals surface area contributed by atoms with Crippen LogP contribution in [-0.2, 0) is 13.0 Å². The van der Waals surface area contributed by atoms with Gasteiger partial charge in [-0.15, -0.1) is 11.3 Å². The van der Waals surface area contributed by atoms with E-state index in [2.05, 4.69) is 9.88 Å². The van der Waals surface area contributed by atoms with Gasteiger partial charge in [0.05, 0.1) is 33.7 Å². The highest BCUT2D eigenvalue weighted by Gasteiger charge is 2.35. The standard InChI is InChI=1S/C22H24Cl3N5OS/c1-13-19(15-3-2-4-16(23)18(15)24)29-17(10-31)20(27-13)30-7-5-22(12-26,6-8-30)9-14-11-32-21(25)28-14/h2-4,11,31H,5-10,12,26H2,1H3. The lowest BCUT2D eigenvalue weighted by Gasteiger charge is -2.42. The van der Waals surface area contributed by atoms with Crippen molar-refractivity contribution in [1.29, 1.82) is 0 Å². The third-order valence-electron chi connectivity index (χ3n) is 6.11. The average Bonchev–Trinajstić information content (AvgIpc) is 3.20. The Labute approximate surface area is 206 Å². The summed E-state index contributed by atoms with van der Waals surface area (Å²) in [5, 5.41) is 12.9. The molecule has 1 aliphatic heterocycles. The summed E-state index contributed by atoms with van der Waals surface area (Å²) < 4.78 is 0.558. The summed E-state index contributed by atoms with van der Waals surface area (Å²) in [7, 11) is 0. The molecule has 6 nitrogen and oxygen atoms in total. The summed E-state index contributed by atoms with van der Waals surface area (Å²) in [5.41, 5.74) is 9.75. The number of hydrogen-bond acceptors (Lipinski definition) is 7. The summed E-state index contributed by atoms with van der Waals surface area (Å²) in [5.74, 6) is 0.703. The molecule has 0 spiro atoms. The molecule has 2 aromatic heterocycles. The second kappa shape index (κ2) is 9.79. The molecule has 0 aliphatic carbocycles. The molecule has 32 heavy (non-hydrogen) atoms. The fourth-order valence-electron chi connectivity index (χ4n) is 4.24. The van der Waals surface area contributed by atoms with Crippen LogP contribution in [-0.4, -0.2) is 39.7 Å². The van der Waals surface area contributed by atoms with Crippen LogP contribution in [0.25, 0.3) is 11.3 Å². The highest BCUT2D eigenvalue weighted by molar-refractivity contribution is 7.13. The number of aromatic nitrogens is 3. The Kier molecular flexibility index (Phi) is 7.24. The minimum atomic E-state index is -0.219. The number of aliphatic hydroxyl groups is 1. The number of anilines is 1. The van der Waals surface area contributed by atoms with Crippen LogP contribution in [0.5, 0.6) is 0 Å². The molecule has 0 saturated carbocycles. The van der Waals surface area contributed by atoms with Crippen molar-refractivity contribution in [3.63, 3.8) is 0 Å². The Morgan fingerprint density at radius 2 is 1.91 bits per heavy atom. The monoisotopic (exact) mass is 511 g/mol. The van der Waals surface area contributed by atoms with Crippen LogP contribution in [0.1, 0.15) is 29.9 Å². The third kappa shape index (κ3) is 4.74. The zero-order valence-electron chi connectivity index (χ0n) is 17.6. The Morgan fingerprint density at radius 3 is 2.53 bits per heavy atom. The molecule has 1 aromatic carbocycles. The fourth-order valence-corrected chi connectivity index (χ4v) is 5.41. The van der Waals surface area contributed by atoms with Gasteiger partial charge in [-0.1, -0.05) is 46.9 Å². The number of thiazole rings is 1. The second-order valence-corrected chi connectivity index (χ2v) is 10.4. The van der Waals surface area contributed by atoms with E-state index >= 15 is 0 Å². The van der Waals surface area contributed by atoms with Crippen LogP contribution in [0.4, 0.5) is 5.82 Å². The SMILES string of the molecule is Cc1nc(N2CCC(CN)(Cc3csc(Cl)n3)CC2)c(CO)nc1-c1cccc(Cl)c1Cl. The lowest BCUT2D eigenvalue weighted by atomic mass is 9.75. The maximum Gasteiger partial charge on any atom is 0.183 e. The molecule has 4 rings (SSSR count). The van der Waals surface area contributed by atoms with Gasteiger partial charge >= 0.3 is 0 Å². The van der Waals surface area contributed by atoms with Gasteiger partial charge in [-0.25, -0.2) is 15.0 Å². The summed E-state index contributed by atoms with van der Waals surface area (Å²) in [6, 6.07) is 5.41. The Balaban J connectivity index is 1.58. The molecule has 3 aromatic rings. The van der Waals surface area contributed by atoms with E-state index in [0.29, 0.717) is 43.8 Å². The van der Waals surface area contributed by atoms with Gasteiger partial charge in [-0.3, -0.25) is 0 Å². The number of halogens is 3. The Bertz CT molecular complexity index is 1110. The van der Waals surface area contributed by atoms with Crippen molar-refractivity contribution < 1.29 is 5.11 Å². The highest BCUT2D eigenvalue weighted by atomic mass is 35.5. The number of aliphatic hydroxyl groups excluding tert-OH is 1. The largest absolute Gasteiger partial charge is 0.390 e. The van der Waals surface area contributed by atoms with Gasteiger partial charge in [0.2, 0.25) is 0 Å². The predicted octanol–water partition coefficient (Wildman–Crippen LogP) is 5.15. The minimum Gasteiger partial charge on any atom is -0.390 e. The third-order valence-corrected chi connectivity index (χ3v) is 7.96. The van der Waals surface area contributed by atoms with Gasteiger partial charge in [-0.2, -0.15) is 0 Å². The Morgan fingerprint density at radius 1 is 1.16 bits per heavy atom. The van der Waals surface area contributed by atoms with Crippen molar-refractivity contribution in [3.8, 4) is 11.3 Å². The van der Waals surface area contributed by atoms with E-state index in [9.17, 15) is 5.11 Å². The fraction of sp³-hybridized carbons (Fsp3) is 0.409. The van der Waals surface area contributed by atoms with Crippen molar-refractivity contribution >= 4 is 52.0 Å². The van der Waals surface area contributed by atoms with Crippen molar-refractivity contribution in [1.82, 2.24) is 15.0 Å². The van der Waals surface area contributed by atoms with Crippen molar-refractivity contribution in [3.05, 3.63) is 55.2 Å².